The van der Waals surface area contributed by atoms with Crippen LogP contribution in [0.25, 0.3) is 61.2 Å². The number of fused-ring (bicyclic) bond motifs is 4. The number of hydrogen-bond acceptors (Lipinski definition) is 2. The van der Waals surface area contributed by atoms with Crippen LogP contribution in [0.1, 0.15) is 0 Å². The summed E-state index contributed by atoms with van der Waals surface area (Å²) in [5.74, 6) is 0.648. The maximum absolute atomic E-state index is 5.99. The van der Waals surface area contributed by atoms with Crippen LogP contribution in [-0.4, -0.2) is 9.55 Å². The van der Waals surface area contributed by atoms with Gasteiger partial charge in [-0.2, -0.15) is 0 Å². The average Bonchev–Trinajstić information content (AvgIpc) is 3.48. The SMILES string of the molecule is Ic1ccc2nc(-c3ccc(-c4ccc(-n5c6ccccc6c6ccccc65)cc4)cc3)oc2c1. The Balaban J connectivity index is 1.24. The topological polar surface area (TPSA) is 31.0 Å². The van der Waals surface area contributed by atoms with Crippen LogP contribution in [0.2, 0.25) is 0 Å². The first-order valence-corrected chi connectivity index (χ1v) is 12.6. The number of halogens is 1. The van der Waals surface area contributed by atoms with Gasteiger partial charge in [0.2, 0.25) is 5.89 Å². The van der Waals surface area contributed by atoms with E-state index < -0.39 is 0 Å². The van der Waals surface area contributed by atoms with Crippen molar-refractivity contribution in [2.45, 2.75) is 0 Å². The van der Waals surface area contributed by atoms with Crippen molar-refractivity contribution in [2.75, 3.05) is 0 Å². The minimum absolute atomic E-state index is 0.648. The Kier molecular flexibility index (Phi) is 4.74. The lowest BCUT2D eigenvalue weighted by Gasteiger charge is -2.09. The maximum Gasteiger partial charge on any atom is 0.227 e. The van der Waals surface area contributed by atoms with Crippen LogP contribution in [0.15, 0.2) is 120 Å². The van der Waals surface area contributed by atoms with Crippen molar-refractivity contribution in [2.24, 2.45) is 0 Å². The first-order chi connectivity index (χ1) is 17.2. The second-order valence-corrected chi connectivity index (χ2v) is 9.87. The van der Waals surface area contributed by atoms with Crippen LogP contribution in [-0.2, 0) is 0 Å². The highest BCUT2D eigenvalue weighted by atomic mass is 127. The normalized spacial score (nSPS) is 11.6. The highest BCUT2D eigenvalue weighted by molar-refractivity contribution is 14.1. The van der Waals surface area contributed by atoms with E-state index in [4.69, 9.17) is 4.42 Å². The average molecular weight is 562 g/mol. The predicted octanol–water partition coefficient (Wildman–Crippen LogP) is 8.86. The number of hydrogen-bond donors (Lipinski definition) is 0. The summed E-state index contributed by atoms with van der Waals surface area (Å²) in [5, 5.41) is 2.55. The predicted molar refractivity (Wildman–Crippen MR) is 152 cm³/mol. The van der Waals surface area contributed by atoms with E-state index in [9.17, 15) is 0 Å². The third-order valence-corrected chi connectivity index (χ3v) is 7.19. The number of para-hydroxylation sites is 2. The Morgan fingerprint density at radius 2 is 1.17 bits per heavy atom. The van der Waals surface area contributed by atoms with Crippen molar-refractivity contribution in [3.63, 3.8) is 0 Å². The van der Waals surface area contributed by atoms with Crippen LogP contribution in [0.5, 0.6) is 0 Å². The van der Waals surface area contributed by atoms with E-state index in [0.717, 1.165) is 31.5 Å². The van der Waals surface area contributed by atoms with Gasteiger partial charge in [0.25, 0.3) is 0 Å². The second kappa shape index (κ2) is 8.10. The molecule has 7 rings (SSSR count). The molecular formula is C31H19IN2O. The van der Waals surface area contributed by atoms with Gasteiger partial charge >= 0.3 is 0 Å². The van der Waals surface area contributed by atoms with E-state index in [1.165, 1.54) is 27.4 Å². The number of oxazole rings is 1. The van der Waals surface area contributed by atoms with Crippen LogP contribution in [0.3, 0.4) is 0 Å². The van der Waals surface area contributed by atoms with Crippen molar-refractivity contribution in [1.29, 1.82) is 0 Å². The lowest BCUT2D eigenvalue weighted by molar-refractivity contribution is 0.619. The van der Waals surface area contributed by atoms with E-state index in [1.54, 1.807) is 0 Å². The molecule has 7 aromatic rings. The van der Waals surface area contributed by atoms with Crippen molar-refractivity contribution in [3.8, 4) is 28.3 Å². The molecule has 166 valence electrons. The summed E-state index contributed by atoms with van der Waals surface area (Å²) in [6.45, 7) is 0. The molecule has 0 radical (unpaired) electrons. The second-order valence-electron chi connectivity index (χ2n) is 8.62. The molecule has 0 aliphatic rings. The van der Waals surface area contributed by atoms with Crippen molar-refractivity contribution in [1.82, 2.24) is 9.55 Å². The minimum Gasteiger partial charge on any atom is -0.436 e. The third-order valence-electron chi connectivity index (χ3n) is 6.52. The number of nitrogens with zero attached hydrogens (tertiary/aromatic N) is 2. The molecular weight excluding hydrogens is 543 g/mol. The van der Waals surface area contributed by atoms with Gasteiger partial charge in [-0.25, -0.2) is 4.98 Å². The fourth-order valence-electron chi connectivity index (χ4n) is 4.83. The highest BCUT2D eigenvalue weighted by Gasteiger charge is 2.12. The van der Waals surface area contributed by atoms with E-state index in [1.807, 2.05) is 18.2 Å². The zero-order chi connectivity index (χ0) is 23.4. The smallest absolute Gasteiger partial charge is 0.227 e. The Morgan fingerprint density at radius 3 is 1.83 bits per heavy atom. The molecule has 0 N–H and O–H groups in total. The van der Waals surface area contributed by atoms with Gasteiger partial charge in [0.1, 0.15) is 5.52 Å². The lowest BCUT2D eigenvalue weighted by atomic mass is 10.0. The first-order valence-electron chi connectivity index (χ1n) is 11.5. The zero-order valence-corrected chi connectivity index (χ0v) is 20.8. The molecule has 0 saturated heterocycles. The summed E-state index contributed by atoms with van der Waals surface area (Å²) in [4.78, 5) is 4.64. The molecule has 0 aliphatic carbocycles. The van der Waals surface area contributed by atoms with Gasteiger partial charge in [0.15, 0.2) is 5.58 Å². The molecule has 35 heavy (non-hydrogen) atoms. The largest absolute Gasteiger partial charge is 0.436 e. The first kappa shape index (κ1) is 20.5. The fraction of sp³-hybridized carbons (Fsp3) is 0. The van der Waals surface area contributed by atoms with Crippen molar-refractivity contribution >= 4 is 55.5 Å². The van der Waals surface area contributed by atoms with E-state index in [0.29, 0.717) is 5.89 Å². The molecule has 5 aromatic carbocycles. The standard InChI is InChI=1S/C31H19IN2O/c32-23-15-18-27-30(19-23)35-31(33-27)22-11-9-20(10-12-22)21-13-16-24(17-14-21)34-28-7-3-1-5-25(28)26-6-2-4-8-29(26)34/h1-19H. The molecule has 0 saturated carbocycles. The molecule has 2 aromatic heterocycles. The highest BCUT2D eigenvalue weighted by Crippen LogP contribution is 2.33. The van der Waals surface area contributed by atoms with Crippen molar-refractivity contribution in [3.05, 3.63) is 119 Å². The summed E-state index contributed by atoms with van der Waals surface area (Å²) >= 11 is 2.29. The van der Waals surface area contributed by atoms with Gasteiger partial charge in [-0.3, -0.25) is 0 Å². The summed E-state index contributed by atoms with van der Waals surface area (Å²) in [5.41, 5.74) is 8.60. The minimum atomic E-state index is 0.648. The Labute approximate surface area is 215 Å². The van der Waals surface area contributed by atoms with Gasteiger partial charge in [-0.15, -0.1) is 0 Å². The molecule has 0 aliphatic heterocycles. The van der Waals surface area contributed by atoms with Gasteiger partial charge in [-0.1, -0.05) is 60.7 Å². The zero-order valence-electron chi connectivity index (χ0n) is 18.7. The van der Waals surface area contributed by atoms with Crippen LogP contribution in [0, 0.1) is 3.57 Å². The quantitative estimate of drug-likeness (QED) is 0.202. The molecule has 2 heterocycles. The fourth-order valence-corrected chi connectivity index (χ4v) is 5.29. The molecule has 0 unspecified atom stereocenters. The summed E-state index contributed by atoms with van der Waals surface area (Å²) < 4.78 is 9.46. The van der Waals surface area contributed by atoms with E-state index in [-0.39, 0.29) is 0 Å². The molecule has 0 bridgehead atoms. The monoisotopic (exact) mass is 562 g/mol. The van der Waals surface area contributed by atoms with E-state index in [2.05, 4.69) is 129 Å². The molecule has 0 spiro atoms. The lowest BCUT2D eigenvalue weighted by Crippen LogP contribution is -1.93. The van der Waals surface area contributed by atoms with Gasteiger partial charge in [0.05, 0.1) is 11.0 Å². The van der Waals surface area contributed by atoms with E-state index >= 15 is 0 Å². The van der Waals surface area contributed by atoms with Crippen LogP contribution in [0.4, 0.5) is 0 Å². The maximum atomic E-state index is 5.99. The summed E-state index contributed by atoms with van der Waals surface area (Å²) in [6, 6.07) is 40.4. The molecule has 0 amide bonds. The molecule has 4 heteroatoms. The summed E-state index contributed by atoms with van der Waals surface area (Å²) in [7, 11) is 0. The molecule has 0 atom stereocenters. The van der Waals surface area contributed by atoms with Crippen LogP contribution < -0.4 is 0 Å². The van der Waals surface area contributed by atoms with Gasteiger partial charge < -0.3 is 8.98 Å². The Hall–Kier alpha value is -3.90. The Morgan fingerprint density at radius 1 is 0.600 bits per heavy atom. The van der Waals surface area contributed by atoms with Gasteiger partial charge in [-0.05, 0) is 88.3 Å². The summed E-state index contributed by atoms with van der Waals surface area (Å²) in [6.07, 6.45) is 0. The van der Waals surface area contributed by atoms with Gasteiger partial charge in [0, 0.05) is 25.6 Å². The van der Waals surface area contributed by atoms with Crippen LogP contribution >= 0.6 is 22.6 Å². The number of rotatable bonds is 3. The van der Waals surface area contributed by atoms with Crippen molar-refractivity contribution < 1.29 is 4.42 Å². The number of benzene rings is 5. The molecule has 0 fully saturated rings. The third kappa shape index (κ3) is 3.44. The molecule has 3 nitrogen and oxygen atoms in total. The number of aromatic nitrogens is 2. The Bertz CT molecular complexity index is 1790.